The topological polar surface area (TPSA) is 62.1 Å². The van der Waals surface area contributed by atoms with E-state index in [1.165, 1.54) is 6.07 Å². The zero-order valence-electron chi connectivity index (χ0n) is 12.0. The Labute approximate surface area is 136 Å². The van der Waals surface area contributed by atoms with E-state index < -0.39 is 0 Å². The van der Waals surface area contributed by atoms with Crippen molar-refractivity contribution in [3.8, 4) is 0 Å². The highest BCUT2D eigenvalue weighted by Gasteiger charge is 2.42. The van der Waals surface area contributed by atoms with Crippen molar-refractivity contribution in [2.24, 2.45) is 17.6 Å². The number of carbonyl (C=O) groups is 1. The van der Waals surface area contributed by atoms with E-state index in [0.29, 0.717) is 39.5 Å². The van der Waals surface area contributed by atoms with E-state index >= 15 is 0 Å². The number of fused-ring (bicyclic) bond motifs is 2. The Morgan fingerprint density at radius 2 is 2.14 bits per heavy atom. The smallest absolute Gasteiger partial charge is 0.270 e. The van der Waals surface area contributed by atoms with E-state index in [2.05, 4.69) is 20.9 Å². The van der Waals surface area contributed by atoms with E-state index in [4.69, 9.17) is 5.73 Å². The summed E-state index contributed by atoms with van der Waals surface area (Å²) in [5, 5.41) is 0.447. The maximum atomic E-state index is 13.9. The molecule has 1 aromatic carbocycles. The molecule has 1 aliphatic carbocycles. The van der Waals surface area contributed by atoms with Crippen molar-refractivity contribution in [1.82, 2.24) is 9.88 Å². The minimum atomic E-state index is -0.333. The third-order valence-electron chi connectivity index (χ3n) is 5.08. The van der Waals surface area contributed by atoms with Gasteiger partial charge in [-0.1, -0.05) is 15.9 Å². The van der Waals surface area contributed by atoms with Crippen LogP contribution in [0.3, 0.4) is 0 Å². The highest BCUT2D eigenvalue weighted by Crippen LogP contribution is 2.37. The quantitative estimate of drug-likeness (QED) is 0.815. The minimum absolute atomic E-state index is 0.0617. The monoisotopic (exact) mass is 365 g/mol. The van der Waals surface area contributed by atoms with Gasteiger partial charge in [-0.05, 0) is 42.9 Å². The van der Waals surface area contributed by atoms with E-state index in [1.54, 1.807) is 12.1 Å². The Bertz CT molecular complexity index is 759. The van der Waals surface area contributed by atoms with Crippen LogP contribution in [0.15, 0.2) is 22.7 Å². The van der Waals surface area contributed by atoms with Gasteiger partial charge >= 0.3 is 0 Å². The van der Waals surface area contributed by atoms with Crippen LogP contribution in [0.25, 0.3) is 10.9 Å². The number of hydrogen-bond donors (Lipinski definition) is 2. The van der Waals surface area contributed by atoms with Crippen LogP contribution in [0.4, 0.5) is 4.39 Å². The molecule has 1 aromatic heterocycles. The maximum Gasteiger partial charge on any atom is 0.270 e. The molecular formula is C16H17BrFN3O. The van der Waals surface area contributed by atoms with Crippen molar-refractivity contribution in [3.05, 3.63) is 34.2 Å². The first-order chi connectivity index (χ1) is 10.5. The predicted molar refractivity (Wildman–Crippen MR) is 86.0 cm³/mol. The fourth-order valence-corrected chi connectivity index (χ4v) is 4.35. The highest BCUT2D eigenvalue weighted by molar-refractivity contribution is 9.10. The molecule has 2 aromatic rings. The van der Waals surface area contributed by atoms with Crippen molar-refractivity contribution in [3.63, 3.8) is 0 Å². The Balaban J connectivity index is 1.62. The van der Waals surface area contributed by atoms with Gasteiger partial charge in [0.2, 0.25) is 0 Å². The molecule has 116 valence electrons. The summed E-state index contributed by atoms with van der Waals surface area (Å²) in [6.45, 7) is 1.48. The average Bonchev–Trinajstić information content (AvgIpc) is 3.14. The summed E-state index contributed by atoms with van der Waals surface area (Å²) in [4.78, 5) is 17.6. The number of likely N-dealkylation sites (tertiary alicyclic amines) is 1. The van der Waals surface area contributed by atoms with Crippen LogP contribution < -0.4 is 5.73 Å². The number of benzene rings is 1. The lowest BCUT2D eigenvalue weighted by atomic mass is 9.98. The summed E-state index contributed by atoms with van der Waals surface area (Å²) in [6, 6.07) is 5.00. The first-order valence-corrected chi connectivity index (χ1v) is 8.35. The Kier molecular flexibility index (Phi) is 3.27. The van der Waals surface area contributed by atoms with Gasteiger partial charge in [-0.2, -0.15) is 0 Å². The molecule has 2 heterocycles. The first kappa shape index (κ1) is 14.2. The lowest BCUT2D eigenvalue weighted by Crippen LogP contribution is -2.33. The molecule has 0 bridgehead atoms. The van der Waals surface area contributed by atoms with E-state index in [0.717, 1.165) is 19.4 Å². The molecular weight excluding hydrogens is 349 g/mol. The van der Waals surface area contributed by atoms with Gasteiger partial charge in [-0.25, -0.2) is 4.39 Å². The second-order valence-electron chi connectivity index (χ2n) is 6.41. The van der Waals surface area contributed by atoms with Crippen LogP contribution in [0.5, 0.6) is 0 Å². The van der Waals surface area contributed by atoms with E-state index in [-0.39, 0.29) is 17.8 Å². The van der Waals surface area contributed by atoms with Gasteiger partial charge in [-0.15, -0.1) is 0 Å². The molecule has 3 N–H and O–H groups in total. The highest BCUT2D eigenvalue weighted by atomic mass is 79.9. The lowest BCUT2D eigenvalue weighted by molar-refractivity contribution is 0.0774. The molecule has 6 heteroatoms. The molecule has 1 amide bonds. The second kappa shape index (κ2) is 5.06. The van der Waals surface area contributed by atoms with Gasteiger partial charge < -0.3 is 15.6 Å². The number of nitrogens with two attached hydrogens (primary N) is 1. The normalized spacial score (nSPS) is 27.6. The maximum absolute atomic E-state index is 13.9. The number of hydrogen-bond acceptors (Lipinski definition) is 2. The van der Waals surface area contributed by atoms with Crippen molar-refractivity contribution in [2.75, 3.05) is 13.1 Å². The Hall–Kier alpha value is -1.40. The number of carbonyl (C=O) groups excluding carboxylic acids is 1. The second-order valence-corrected chi connectivity index (χ2v) is 7.32. The SMILES string of the molecule is NC1CCC2CN(C(=O)c3cc4c(F)cc(Br)cc4[nH]3)CC12. The zero-order chi connectivity index (χ0) is 15.4. The van der Waals surface area contributed by atoms with E-state index in [1.807, 2.05) is 4.90 Å². The number of amides is 1. The third-order valence-corrected chi connectivity index (χ3v) is 5.54. The number of aromatic amines is 1. The number of aromatic nitrogens is 1. The number of rotatable bonds is 1. The van der Waals surface area contributed by atoms with Crippen molar-refractivity contribution >= 4 is 32.7 Å². The molecule has 1 saturated heterocycles. The summed E-state index contributed by atoms with van der Waals surface area (Å²) >= 11 is 3.27. The molecule has 0 radical (unpaired) electrons. The lowest BCUT2D eigenvalue weighted by Gasteiger charge is -2.17. The molecule has 4 nitrogen and oxygen atoms in total. The van der Waals surface area contributed by atoms with Gasteiger partial charge in [0.05, 0.1) is 5.52 Å². The van der Waals surface area contributed by atoms with Gasteiger partial charge in [0, 0.05) is 29.0 Å². The Morgan fingerprint density at radius 3 is 2.91 bits per heavy atom. The Morgan fingerprint density at radius 1 is 1.32 bits per heavy atom. The minimum Gasteiger partial charge on any atom is -0.350 e. The molecule has 22 heavy (non-hydrogen) atoms. The number of H-pyrrole nitrogens is 1. The van der Waals surface area contributed by atoms with Crippen molar-refractivity contribution < 1.29 is 9.18 Å². The van der Waals surface area contributed by atoms with Crippen molar-refractivity contribution in [2.45, 2.75) is 18.9 Å². The van der Waals surface area contributed by atoms with Gasteiger partial charge in [0.1, 0.15) is 11.5 Å². The molecule has 2 aliphatic rings. The first-order valence-electron chi connectivity index (χ1n) is 7.55. The summed E-state index contributed by atoms with van der Waals surface area (Å²) in [5.41, 5.74) is 7.19. The van der Waals surface area contributed by atoms with Crippen LogP contribution in [-0.2, 0) is 0 Å². The largest absolute Gasteiger partial charge is 0.350 e. The molecule has 0 spiro atoms. The van der Waals surface area contributed by atoms with Crippen LogP contribution in [0.2, 0.25) is 0 Å². The fraction of sp³-hybridized carbons (Fsp3) is 0.438. The van der Waals surface area contributed by atoms with Crippen LogP contribution in [0, 0.1) is 17.7 Å². The average molecular weight is 366 g/mol. The molecule has 3 unspecified atom stereocenters. The fourth-order valence-electron chi connectivity index (χ4n) is 3.92. The third kappa shape index (κ3) is 2.16. The summed E-state index contributed by atoms with van der Waals surface area (Å²) in [5.74, 6) is 0.543. The summed E-state index contributed by atoms with van der Waals surface area (Å²) in [7, 11) is 0. The van der Waals surface area contributed by atoms with Gasteiger partial charge in [0.25, 0.3) is 5.91 Å². The van der Waals surface area contributed by atoms with Crippen LogP contribution in [-0.4, -0.2) is 34.9 Å². The molecule has 3 atom stereocenters. The summed E-state index contributed by atoms with van der Waals surface area (Å²) in [6.07, 6.45) is 2.16. The number of nitrogens with zero attached hydrogens (tertiary/aromatic N) is 1. The van der Waals surface area contributed by atoms with Gasteiger partial charge in [0.15, 0.2) is 0 Å². The van der Waals surface area contributed by atoms with Crippen LogP contribution in [0.1, 0.15) is 23.3 Å². The van der Waals surface area contributed by atoms with Crippen LogP contribution >= 0.6 is 15.9 Å². The number of nitrogens with one attached hydrogen (secondary N) is 1. The zero-order valence-corrected chi connectivity index (χ0v) is 13.6. The van der Waals surface area contributed by atoms with Crippen molar-refractivity contribution in [1.29, 1.82) is 0 Å². The van der Waals surface area contributed by atoms with Gasteiger partial charge in [-0.3, -0.25) is 4.79 Å². The molecule has 1 saturated carbocycles. The predicted octanol–water partition coefficient (Wildman–Crippen LogP) is 2.88. The standard InChI is InChI=1S/C16H17BrFN3O/c17-9-3-12(18)10-5-15(20-14(10)4-9)16(22)21-6-8-1-2-13(19)11(8)7-21/h3-5,8,11,13,20H,1-2,6-7,19H2. The molecule has 4 rings (SSSR count). The number of halogens is 2. The molecule has 2 fully saturated rings. The molecule has 1 aliphatic heterocycles. The summed E-state index contributed by atoms with van der Waals surface area (Å²) < 4.78 is 14.6. The van der Waals surface area contributed by atoms with E-state index in [9.17, 15) is 9.18 Å².